The summed E-state index contributed by atoms with van der Waals surface area (Å²) in [5, 5.41) is 0. The van der Waals surface area contributed by atoms with Crippen molar-refractivity contribution < 1.29 is 17.6 Å². The number of nitrogens with one attached hydrogen (secondary N) is 1. The molecular formula is C22H25FN2O3S. The predicted octanol–water partition coefficient (Wildman–Crippen LogP) is 4.03. The molecule has 0 aromatic heterocycles. The molecule has 1 saturated carbocycles. The van der Waals surface area contributed by atoms with E-state index in [0.717, 1.165) is 56.2 Å². The van der Waals surface area contributed by atoms with E-state index >= 15 is 0 Å². The Kier molecular flexibility index (Phi) is 5.69. The molecule has 0 unspecified atom stereocenters. The third-order valence-corrected chi connectivity index (χ3v) is 7.26. The molecule has 0 bridgehead atoms. The molecule has 2 aromatic carbocycles. The standard InChI is InChI=1S/C22H25FN2O3S/c23-18-10-8-16(9-11-18)22(26)25-14-4-5-17-15-20(12-13-21(17)25)29(27,28)24-19-6-2-1-3-7-19/h8-13,15,19,24H,1-7,14H2. The summed E-state index contributed by atoms with van der Waals surface area (Å²) in [7, 11) is -3.58. The van der Waals surface area contributed by atoms with E-state index in [0.29, 0.717) is 12.1 Å². The number of halogens is 1. The monoisotopic (exact) mass is 416 g/mol. The van der Waals surface area contributed by atoms with Crippen molar-refractivity contribution in [2.75, 3.05) is 11.4 Å². The number of rotatable bonds is 4. The number of hydrogen-bond acceptors (Lipinski definition) is 3. The second kappa shape index (κ2) is 8.24. The van der Waals surface area contributed by atoms with Gasteiger partial charge in [-0.25, -0.2) is 17.5 Å². The second-order valence-electron chi connectivity index (χ2n) is 7.81. The highest BCUT2D eigenvalue weighted by Crippen LogP contribution is 2.31. The zero-order chi connectivity index (χ0) is 20.4. The van der Waals surface area contributed by atoms with E-state index in [1.54, 1.807) is 23.1 Å². The van der Waals surface area contributed by atoms with Gasteiger partial charge < -0.3 is 4.90 Å². The van der Waals surface area contributed by atoms with Crippen molar-refractivity contribution in [1.29, 1.82) is 0 Å². The molecule has 1 amide bonds. The minimum absolute atomic E-state index is 0.00124. The number of hydrogen-bond donors (Lipinski definition) is 1. The van der Waals surface area contributed by atoms with Gasteiger partial charge in [0.15, 0.2) is 0 Å². The minimum atomic E-state index is -3.58. The summed E-state index contributed by atoms with van der Waals surface area (Å²) in [6.07, 6.45) is 6.49. The summed E-state index contributed by atoms with van der Waals surface area (Å²) in [6.45, 7) is 0.551. The molecule has 2 aromatic rings. The number of benzene rings is 2. The molecule has 1 aliphatic carbocycles. The summed E-state index contributed by atoms with van der Waals surface area (Å²) >= 11 is 0. The number of sulfonamides is 1. The van der Waals surface area contributed by atoms with Gasteiger partial charge in [-0.05, 0) is 73.7 Å². The molecule has 154 valence electrons. The molecule has 1 aliphatic heterocycles. The van der Waals surface area contributed by atoms with Gasteiger partial charge >= 0.3 is 0 Å². The molecular weight excluding hydrogens is 391 g/mol. The lowest BCUT2D eigenvalue weighted by Gasteiger charge is -2.30. The van der Waals surface area contributed by atoms with Crippen molar-refractivity contribution >= 4 is 21.6 Å². The smallest absolute Gasteiger partial charge is 0.258 e. The molecule has 0 spiro atoms. The van der Waals surface area contributed by atoms with Crippen molar-refractivity contribution in [1.82, 2.24) is 4.72 Å². The zero-order valence-corrected chi connectivity index (χ0v) is 17.1. The fourth-order valence-electron chi connectivity index (χ4n) is 4.21. The lowest BCUT2D eigenvalue weighted by molar-refractivity contribution is 0.0985. The molecule has 4 rings (SSSR count). The third kappa shape index (κ3) is 4.36. The maximum absolute atomic E-state index is 13.2. The van der Waals surface area contributed by atoms with Gasteiger partial charge in [-0.1, -0.05) is 19.3 Å². The highest BCUT2D eigenvalue weighted by atomic mass is 32.2. The second-order valence-corrected chi connectivity index (χ2v) is 9.53. The Labute approximate surface area is 171 Å². The van der Waals surface area contributed by atoms with Crippen molar-refractivity contribution in [2.24, 2.45) is 0 Å². The average Bonchev–Trinajstić information content (AvgIpc) is 2.73. The first kappa shape index (κ1) is 20.0. The van der Waals surface area contributed by atoms with Crippen LogP contribution < -0.4 is 9.62 Å². The molecule has 0 radical (unpaired) electrons. The summed E-state index contributed by atoms with van der Waals surface area (Å²) in [5.41, 5.74) is 1.98. The summed E-state index contributed by atoms with van der Waals surface area (Å²) < 4.78 is 41.7. The van der Waals surface area contributed by atoms with Gasteiger partial charge in [-0.3, -0.25) is 4.79 Å². The minimum Gasteiger partial charge on any atom is -0.308 e. The van der Waals surface area contributed by atoms with Crippen LogP contribution >= 0.6 is 0 Å². The summed E-state index contributed by atoms with van der Waals surface area (Å²) in [4.78, 5) is 14.8. The Morgan fingerprint density at radius 3 is 2.45 bits per heavy atom. The molecule has 7 heteroatoms. The molecule has 1 N–H and O–H groups in total. The number of nitrogens with zero attached hydrogens (tertiary/aromatic N) is 1. The average molecular weight is 417 g/mol. The van der Waals surface area contributed by atoms with Gasteiger partial charge in [0.2, 0.25) is 10.0 Å². The van der Waals surface area contributed by atoms with E-state index in [9.17, 15) is 17.6 Å². The first-order chi connectivity index (χ1) is 13.9. The van der Waals surface area contributed by atoms with Crippen molar-refractivity contribution in [2.45, 2.75) is 55.9 Å². The van der Waals surface area contributed by atoms with Gasteiger partial charge in [-0.2, -0.15) is 0 Å². The number of amides is 1. The van der Waals surface area contributed by atoms with Crippen LogP contribution in [-0.4, -0.2) is 26.9 Å². The lowest BCUT2D eigenvalue weighted by atomic mass is 9.96. The number of fused-ring (bicyclic) bond motifs is 1. The van der Waals surface area contributed by atoms with E-state index in [4.69, 9.17) is 0 Å². The van der Waals surface area contributed by atoms with Crippen LogP contribution in [0, 0.1) is 5.82 Å². The van der Waals surface area contributed by atoms with Gasteiger partial charge in [0.1, 0.15) is 5.82 Å². The van der Waals surface area contributed by atoms with Crippen LogP contribution in [-0.2, 0) is 16.4 Å². The van der Waals surface area contributed by atoms with Crippen LogP contribution in [0.25, 0.3) is 0 Å². The topological polar surface area (TPSA) is 66.5 Å². The fraction of sp³-hybridized carbons (Fsp3) is 0.409. The fourth-order valence-corrected chi connectivity index (χ4v) is 5.56. The first-order valence-corrected chi connectivity index (χ1v) is 11.6. The Morgan fingerprint density at radius 1 is 1.00 bits per heavy atom. The Hall–Kier alpha value is -2.25. The number of carbonyl (C=O) groups is 1. The predicted molar refractivity (Wildman–Crippen MR) is 110 cm³/mol. The largest absolute Gasteiger partial charge is 0.308 e. The number of carbonyl (C=O) groups excluding carboxylic acids is 1. The van der Waals surface area contributed by atoms with E-state index < -0.39 is 10.0 Å². The highest BCUT2D eigenvalue weighted by Gasteiger charge is 2.27. The Morgan fingerprint density at radius 2 is 1.72 bits per heavy atom. The van der Waals surface area contributed by atoms with Crippen LogP contribution in [0.4, 0.5) is 10.1 Å². The van der Waals surface area contributed by atoms with Gasteiger partial charge in [0.05, 0.1) is 4.90 Å². The Bertz CT molecular complexity index is 999. The van der Waals surface area contributed by atoms with E-state index in [-0.39, 0.29) is 22.7 Å². The highest BCUT2D eigenvalue weighted by molar-refractivity contribution is 7.89. The Balaban J connectivity index is 1.58. The van der Waals surface area contributed by atoms with Crippen molar-refractivity contribution in [3.63, 3.8) is 0 Å². The molecule has 0 saturated heterocycles. The van der Waals surface area contributed by atoms with Crippen LogP contribution in [0.1, 0.15) is 54.4 Å². The van der Waals surface area contributed by atoms with E-state index in [2.05, 4.69) is 4.72 Å². The lowest BCUT2D eigenvalue weighted by Crippen LogP contribution is -2.37. The van der Waals surface area contributed by atoms with Gasteiger partial charge in [0.25, 0.3) is 5.91 Å². The number of aryl methyl sites for hydroxylation is 1. The molecule has 1 heterocycles. The maximum Gasteiger partial charge on any atom is 0.258 e. The quantitative estimate of drug-likeness (QED) is 0.818. The van der Waals surface area contributed by atoms with Crippen LogP contribution in [0.2, 0.25) is 0 Å². The molecule has 0 atom stereocenters. The third-order valence-electron chi connectivity index (χ3n) is 5.74. The van der Waals surface area contributed by atoms with Gasteiger partial charge in [0, 0.05) is 23.8 Å². The van der Waals surface area contributed by atoms with Crippen LogP contribution in [0.5, 0.6) is 0 Å². The van der Waals surface area contributed by atoms with Crippen molar-refractivity contribution in [3.8, 4) is 0 Å². The summed E-state index contributed by atoms with van der Waals surface area (Å²) in [5.74, 6) is -0.595. The zero-order valence-electron chi connectivity index (χ0n) is 16.2. The SMILES string of the molecule is O=C(c1ccc(F)cc1)N1CCCc2cc(S(=O)(=O)NC3CCCCC3)ccc21. The van der Waals surface area contributed by atoms with Crippen LogP contribution in [0.3, 0.4) is 0 Å². The molecule has 5 nitrogen and oxygen atoms in total. The van der Waals surface area contributed by atoms with Crippen LogP contribution in [0.15, 0.2) is 47.4 Å². The molecule has 1 fully saturated rings. The summed E-state index contributed by atoms with van der Waals surface area (Å²) in [6, 6.07) is 10.4. The maximum atomic E-state index is 13.2. The molecule has 29 heavy (non-hydrogen) atoms. The molecule has 2 aliphatic rings. The normalized spacial score (nSPS) is 17.8. The number of anilines is 1. The van der Waals surface area contributed by atoms with Crippen molar-refractivity contribution in [3.05, 3.63) is 59.4 Å². The van der Waals surface area contributed by atoms with E-state index in [1.807, 2.05) is 0 Å². The van der Waals surface area contributed by atoms with Gasteiger partial charge in [-0.15, -0.1) is 0 Å². The van der Waals surface area contributed by atoms with E-state index in [1.165, 1.54) is 24.3 Å². The first-order valence-electron chi connectivity index (χ1n) is 10.2.